The van der Waals surface area contributed by atoms with E-state index in [2.05, 4.69) is 0 Å². The van der Waals surface area contributed by atoms with E-state index in [0.717, 1.165) is 11.1 Å². The highest BCUT2D eigenvalue weighted by Crippen LogP contribution is 2.42. The van der Waals surface area contributed by atoms with Gasteiger partial charge in [0.2, 0.25) is 5.91 Å². The van der Waals surface area contributed by atoms with E-state index >= 15 is 0 Å². The van der Waals surface area contributed by atoms with Crippen LogP contribution in [-0.2, 0) is 28.6 Å². The molecule has 2 N–H and O–H groups in total. The summed E-state index contributed by atoms with van der Waals surface area (Å²) in [5.74, 6) is -0.739. The van der Waals surface area contributed by atoms with Crippen molar-refractivity contribution in [3.63, 3.8) is 0 Å². The van der Waals surface area contributed by atoms with Crippen LogP contribution in [0.4, 0.5) is 0 Å². The largest absolute Gasteiger partial charge is 0.492 e. The third-order valence-electron chi connectivity index (χ3n) is 6.24. The van der Waals surface area contributed by atoms with Gasteiger partial charge in [0.25, 0.3) is 0 Å². The maximum absolute atomic E-state index is 13.8. The summed E-state index contributed by atoms with van der Waals surface area (Å²) >= 11 is 1.43. The Kier molecular flexibility index (Phi) is 6.42. The second-order valence-electron chi connectivity index (χ2n) is 8.47. The first-order valence-corrected chi connectivity index (χ1v) is 12.4. The number of allylic oxidation sites excluding steroid dienone is 1. The molecule has 8 nitrogen and oxygen atoms in total. The van der Waals surface area contributed by atoms with E-state index in [-0.39, 0.29) is 28.5 Å². The number of benzene rings is 2. The van der Waals surface area contributed by atoms with E-state index in [4.69, 9.17) is 19.9 Å². The van der Waals surface area contributed by atoms with Crippen molar-refractivity contribution in [2.45, 2.75) is 24.4 Å². The first-order chi connectivity index (χ1) is 17.4. The summed E-state index contributed by atoms with van der Waals surface area (Å²) in [6.45, 7) is 1.60. The lowest BCUT2D eigenvalue weighted by Crippen LogP contribution is -2.68. The summed E-state index contributed by atoms with van der Waals surface area (Å²) in [6, 6.07) is 18.1. The van der Waals surface area contributed by atoms with Gasteiger partial charge in [-0.05, 0) is 29.7 Å². The van der Waals surface area contributed by atoms with Crippen molar-refractivity contribution >= 4 is 29.6 Å². The molecular weight excluding hydrogens is 480 g/mol. The summed E-state index contributed by atoms with van der Waals surface area (Å²) in [7, 11) is 1.44. The second-order valence-corrected chi connectivity index (χ2v) is 9.58. The molecule has 2 atom stereocenters. The number of nitrogens with two attached hydrogens (primary N) is 1. The van der Waals surface area contributed by atoms with Crippen LogP contribution in [0.25, 0.3) is 0 Å². The second kappa shape index (κ2) is 9.67. The number of hydrogen-bond donors (Lipinski definition) is 1. The van der Waals surface area contributed by atoms with E-state index in [9.17, 15) is 14.4 Å². The SMILES string of the molecule is COC1=C(C)C(=O)O/C1=C\C1=C(C(=O)OC(c2ccccc2)c2ccccc2)N2C(=O)[C@@H](N)[C@H]2SC1. The van der Waals surface area contributed by atoms with Gasteiger partial charge in [0.15, 0.2) is 17.6 Å². The van der Waals surface area contributed by atoms with Crippen LogP contribution in [0.15, 0.2) is 95.1 Å². The quantitative estimate of drug-likeness (QED) is 0.472. The molecule has 0 spiro atoms. The predicted molar refractivity (Wildman–Crippen MR) is 133 cm³/mol. The van der Waals surface area contributed by atoms with Gasteiger partial charge in [0, 0.05) is 5.75 Å². The molecule has 3 heterocycles. The number of carbonyl (C=O) groups excluding carboxylic acids is 3. The minimum absolute atomic E-state index is 0.0888. The number of β-lactam (4-membered cyclic amide) rings is 1. The highest BCUT2D eigenvalue weighted by molar-refractivity contribution is 8.00. The number of carbonyl (C=O) groups is 3. The van der Waals surface area contributed by atoms with Gasteiger partial charge < -0.3 is 19.9 Å². The Morgan fingerprint density at radius 3 is 2.31 bits per heavy atom. The molecule has 0 aromatic heterocycles. The summed E-state index contributed by atoms with van der Waals surface area (Å²) in [5, 5.41) is -0.376. The van der Waals surface area contributed by atoms with Crippen molar-refractivity contribution in [3.8, 4) is 0 Å². The molecule has 36 heavy (non-hydrogen) atoms. The standard InChI is InChI=1S/C27H24N2O6S/c1-15-22(33-2)19(34-26(15)31)13-18-14-36-25-20(28)24(30)29(25)21(18)27(32)35-23(16-9-5-3-6-10-16)17-11-7-4-8-12-17/h3-13,20,23,25H,14,28H2,1-2H3/b19-13-/t20-,25-/m1/s1. The van der Waals surface area contributed by atoms with Crippen LogP contribution in [0, 0.1) is 0 Å². The highest BCUT2D eigenvalue weighted by Gasteiger charge is 2.52. The van der Waals surface area contributed by atoms with Crippen LogP contribution in [-0.4, -0.2) is 47.0 Å². The Hall–Kier alpha value is -3.82. The number of nitrogens with zero attached hydrogens (tertiary/aromatic N) is 1. The van der Waals surface area contributed by atoms with E-state index in [1.54, 1.807) is 13.0 Å². The third-order valence-corrected chi connectivity index (χ3v) is 7.57. The van der Waals surface area contributed by atoms with Crippen molar-refractivity contribution in [1.82, 2.24) is 4.90 Å². The Bertz CT molecular complexity index is 1280. The minimum Gasteiger partial charge on any atom is -0.492 e. The number of ether oxygens (including phenoxy) is 3. The molecule has 3 aliphatic rings. The van der Waals surface area contributed by atoms with Crippen molar-refractivity contribution in [2.75, 3.05) is 12.9 Å². The first kappa shape index (κ1) is 23.9. The van der Waals surface area contributed by atoms with Crippen LogP contribution in [0.5, 0.6) is 0 Å². The van der Waals surface area contributed by atoms with Gasteiger partial charge in [-0.2, -0.15) is 0 Å². The summed E-state index contributed by atoms with van der Waals surface area (Å²) < 4.78 is 16.8. The molecule has 0 saturated carbocycles. The number of amides is 1. The molecule has 0 bridgehead atoms. The third kappa shape index (κ3) is 4.10. The maximum Gasteiger partial charge on any atom is 0.356 e. The van der Waals surface area contributed by atoms with Crippen molar-refractivity contribution in [3.05, 3.63) is 106 Å². The minimum atomic E-state index is -0.702. The van der Waals surface area contributed by atoms with Crippen LogP contribution in [0.2, 0.25) is 0 Å². The van der Waals surface area contributed by atoms with E-state index in [0.29, 0.717) is 16.9 Å². The molecule has 1 amide bonds. The monoisotopic (exact) mass is 504 g/mol. The molecule has 2 aromatic carbocycles. The fourth-order valence-electron chi connectivity index (χ4n) is 4.39. The lowest BCUT2D eigenvalue weighted by atomic mass is 10.0. The molecule has 3 aliphatic heterocycles. The Balaban J connectivity index is 1.56. The Morgan fingerprint density at radius 1 is 1.11 bits per heavy atom. The van der Waals surface area contributed by atoms with Gasteiger partial charge >= 0.3 is 11.9 Å². The Labute approximate surface area is 212 Å². The molecule has 2 aromatic rings. The van der Waals surface area contributed by atoms with Crippen LogP contribution >= 0.6 is 11.8 Å². The molecule has 5 rings (SSSR count). The normalized spacial score (nSPS) is 22.6. The summed E-state index contributed by atoms with van der Waals surface area (Å²) in [5.41, 5.74) is 8.48. The fraction of sp³-hybridized carbons (Fsp3) is 0.222. The van der Waals surface area contributed by atoms with E-state index in [1.165, 1.54) is 23.8 Å². The predicted octanol–water partition coefficient (Wildman–Crippen LogP) is 3.18. The maximum atomic E-state index is 13.8. The zero-order valence-electron chi connectivity index (χ0n) is 19.7. The highest BCUT2D eigenvalue weighted by atomic mass is 32.2. The number of fused-ring (bicyclic) bond motifs is 1. The molecule has 0 unspecified atom stereocenters. The zero-order valence-corrected chi connectivity index (χ0v) is 20.5. The number of cyclic esters (lactones) is 1. The summed E-state index contributed by atoms with van der Waals surface area (Å²) in [4.78, 5) is 40.0. The number of methoxy groups -OCH3 is 1. The van der Waals surface area contributed by atoms with Crippen LogP contribution in [0.3, 0.4) is 0 Å². The molecule has 0 radical (unpaired) electrons. The summed E-state index contributed by atoms with van der Waals surface area (Å²) in [6.07, 6.45) is 0.866. The smallest absolute Gasteiger partial charge is 0.356 e. The number of thioether (sulfide) groups is 1. The lowest BCUT2D eigenvalue weighted by Gasteiger charge is -2.48. The number of esters is 2. The van der Waals surface area contributed by atoms with Gasteiger partial charge in [-0.25, -0.2) is 9.59 Å². The average Bonchev–Trinajstić information content (AvgIpc) is 3.18. The van der Waals surface area contributed by atoms with Gasteiger partial charge in [-0.15, -0.1) is 11.8 Å². The fourth-order valence-corrected chi connectivity index (χ4v) is 5.65. The van der Waals surface area contributed by atoms with Crippen molar-refractivity contribution < 1.29 is 28.6 Å². The average molecular weight is 505 g/mol. The number of hydrogen-bond acceptors (Lipinski definition) is 8. The van der Waals surface area contributed by atoms with Crippen LogP contribution < -0.4 is 5.73 Å². The molecule has 184 valence electrons. The van der Waals surface area contributed by atoms with E-state index < -0.39 is 24.1 Å². The molecule has 1 fully saturated rings. The van der Waals surface area contributed by atoms with Crippen LogP contribution in [0.1, 0.15) is 24.2 Å². The van der Waals surface area contributed by atoms with Crippen molar-refractivity contribution in [2.24, 2.45) is 5.73 Å². The van der Waals surface area contributed by atoms with Gasteiger partial charge in [0.05, 0.1) is 12.7 Å². The van der Waals surface area contributed by atoms with Gasteiger partial charge in [-0.1, -0.05) is 60.7 Å². The van der Waals surface area contributed by atoms with Crippen molar-refractivity contribution in [1.29, 1.82) is 0 Å². The van der Waals surface area contributed by atoms with E-state index in [1.807, 2.05) is 60.7 Å². The van der Waals surface area contributed by atoms with Gasteiger partial charge in [-0.3, -0.25) is 9.69 Å². The molecular formula is C27H24N2O6S. The molecule has 1 saturated heterocycles. The molecule has 9 heteroatoms. The Morgan fingerprint density at radius 2 is 1.72 bits per heavy atom. The molecule has 0 aliphatic carbocycles. The van der Waals surface area contributed by atoms with Gasteiger partial charge in [0.1, 0.15) is 17.1 Å². The number of rotatable bonds is 6. The first-order valence-electron chi connectivity index (χ1n) is 11.3. The topological polar surface area (TPSA) is 108 Å². The zero-order chi connectivity index (χ0) is 25.4. The lowest BCUT2D eigenvalue weighted by molar-refractivity contribution is -0.153.